The van der Waals surface area contributed by atoms with Gasteiger partial charge >= 0.3 is 0 Å². The van der Waals surface area contributed by atoms with Gasteiger partial charge in [0.15, 0.2) is 0 Å². The predicted molar refractivity (Wildman–Crippen MR) is 79.6 cm³/mol. The number of hydrogen-bond acceptors (Lipinski definition) is 4. The number of rotatable bonds is 14. The molecule has 1 unspecified atom stereocenters. The van der Waals surface area contributed by atoms with Crippen molar-refractivity contribution < 1.29 is 14.2 Å². The van der Waals surface area contributed by atoms with E-state index < -0.39 is 0 Å². The lowest BCUT2D eigenvalue weighted by molar-refractivity contribution is 0.0213. The predicted octanol–water partition coefficient (Wildman–Crippen LogP) is 2.33. The summed E-state index contributed by atoms with van der Waals surface area (Å²) in [6, 6.07) is 0. The highest BCUT2D eigenvalue weighted by Gasteiger charge is 2.10. The second-order valence-corrected chi connectivity index (χ2v) is 5.31. The largest absolute Gasteiger partial charge is 0.382 e. The van der Waals surface area contributed by atoms with Gasteiger partial charge in [0.2, 0.25) is 0 Å². The maximum absolute atomic E-state index is 5.61. The summed E-state index contributed by atoms with van der Waals surface area (Å²) < 4.78 is 15.9. The summed E-state index contributed by atoms with van der Waals surface area (Å²) in [6.45, 7) is 12.3. The normalized spacial score (nSPS) is 13.1. The van der Waals surface area contributed by atoms with Crippen LogP contribution in [0.1, 0.15) is 33.6 Å². The maximum Gasteiger partial charge on any atom is 0.0701 e. The maximum atomic E-state index is 5.61. The molecule has 0 spiro atoms. The summed E-state index contributed by atoms with van der Waals surface area (Å²) >= 11 is 0. The van der Waals surface area contributed by atoms with Crippen LogP contribution in [0.4, 0.5) is 0 Å². The topological polar surface area (TPSA) is 39.7 Å². The van der Waals surface area contributed by atoms with Crippen molar-refractivity contribution in [2.45, 2.75) is 33.6 Å². The van der Waals surface area contributed by atoms with Crippen molar-refractivity contribution in [1.82, 2.24) is 5.32 Å². The first-order valence-electron chi connectivity index (χ1n) is 7.55. The highest BCUT2D eigenvalue weighted by atomic mass is 16.5. The van der Waals surface area contributed by atoms with E-state index in [1.54, 1.807) is 7.11 Å². The molecule has 0 aromatic carbocycles. The van der Waals surface area contributed by atoms with Crippen molar-refractivity contribution >= 4 is 0 Å². The second kappa shape index (κ2) is 14.3. The van der Waals surface area contributed by atoms with Crippen LogP contribution in [-0.4, -0.2) is 53.2 Å². The fraction of sp³-hybridized carbons (Fsp3) is 1.00. The average molecular weight is 275 g/mol. The fourth-order valence-electron chi connectivity index (χ4n) is 2.03. The van der Waals surface area contributed by atoms with Gasteiger partial charge in [-0.05, 0) is 37.8 Å². The molecule has 4 nitrogen and oxygen atoms in total. The van der Waals surface area contributed by atoms with Crippen LogP contribution in [0.2, 0.25) is 0 Å². The molecule has 0 aliphatic carbocycles. The van der Waals surface area contributed by atoms with Crippen LogP contribution in [0, 0.1) is 11.8 Å². The van der Waals surface area contributed by atoms with E-state index in [4.69, 9.17) is 14.2 Å². The number of nitrogens with one attached hydrogen (secondary N) is 1. The highest BCUT2D eigenvalue weighted by Crippen LogP contribution is 2.14. The quantitative estimate of drug-likeness (QED) is 0.494. The second-order valence-electron chi connectivity index (χ2n) is 5.31. The Balaban J connectivity index is 3.46. The SMILES string of the molecule is CCNCC(CCOCCOCCOC)CC(C)C. The van der Waals surface area contributed by atoms with Crippen LogP contribution in [0.15, 0.2) is 0 Å². The third kappa shape index (κ3) is 14.1. The molecule has 0 aromatic rings. The average Bonchev–Trinajstić information content (AvgIpc) is 2.38. The van der Waals surface area contributed by atoms with Gasteiger partial charge in [-0.25, -0.2) is 0 Å². The summed E-state index contributed by atoms with van der Waals surface area (Å²) in [5.74, 6) is 1.47. The molecule has 0 saturated carbocycles. The molecule has 0 bridgehead atoms. The molecule has 0 aliphatic heterocycles. The molecular weight excluding hydrogens is 242 g/mol. The molecule has 0 aliphatic rings. The van der Waals surface area contributed by atoms with Crippen LogP contribution < -0.4 is 5.32 Å². The van der Waals surface area contributed by atoms with E-state index in [2.05, 4.69) is 26.1 Å². The molecule has 116 valence electrons. The van der Waals surface area contributed by atoms with Crippen LogP contribution in [0.5, 0.6) is 0 Å². The minimum Gasteiger partial charge on any atom is -0.382 e. The first-order valence-corrected chi connectivity index (χ1v) is 7.55. The van der Waals surface area contributed by atoms with Crippen molar-refractivity contribution in [2.24, 2.45) is 11.8 Å². The molecular formula is C15H33NO3. The lowest BCUT2D eigenvalue weighted by atomic mass is 9.94. The molecule has 1 N–H and O–H groups in total. The molecule has 4 heteroatoms. The van der Waals surface area contributed by atoms with E-state index in [9.17, 15) is 0 Å². The zero-order valence-electron chi connectivity index (χ0n) is 13.2. The zero-order valence-corrected chi connectivity index (χ0v) is 13.2. The molecule has 0 fully saturated rings. The third-order valence-corrected chi connectivity index (χ3v) is 2.96. The molecule has 0 amide bonds. The smallest absolute Gasteiger partial charge is 0.0701 e. The first-order chi connectivity index (χ1) is 9.20. The van der Waals surface area contributed by atoms with E-state index in [0.717, 1.165) is 32.0 Å². The number of hydrogen-bond donors (Lipinski definition) is 1. The Hall–Kier alpha value is -0.160. The van der Waals surface area contributed by atoms with Crippen LogP contribution in [0.3, 0.4) is 0 Å². The monoisotopic (exact) mass is 275 g/mol. The standard InChI is InChI=1S/C15H33NO3/c1-5-16-13-15(12-14(2)3)6-7-18-10-11-19-9-8-17-4/h14-16H,5-13H2,1-4H3. The number of ether oxygens (including phenoxy) is 3. The van der Waals surface area contributed by atoms with Crippen molar-refractivity contribution in [1.29, 1.82) is 0 Å². The Bertz CT molecular complexity index is 177. The van der Waals surface area contributed by atoms with Gasteiger partial charge in [0.25, 0.3) is 0 Å². The molecule has 0 radical (unpaired) electrons. The summed E-state index contributed by atoms with van der Waals surface area (Å²) in [7, 11) is 1.68. The van der Waals surface area contributed by atoms with Gasteiger partial charge in [-0.2, -0.15) is 0 Å². The minimum absolute atomic E-state index is 0.649. The fourth-order valence-corrected chi connectivity index (χ4v) is 2.03. The Morgan fingerprint density at radius 1 is 0.947 bits per heavy atom. The van der Waals surface area contributed by atoms with Crippen molar-refractivity contribution in [3.8, 4) is 0 Å². The Labute approximate surface area is 119 Å². The summed E-state index contributed by atoms with van der Waals surface area (Å²) in [5, 5.41) is 3.43. The van der Waals surface area contributed by atoms with Crippen molar-refractivity contribution in [2.75, 3.05) is 53.2 Å². The minimum atomic E-state index is 0.649. The molecule has 0 aromatic heterocycles. The lowest BCUT2D eigenvalue weighted by Crippen LogP contribution is -2.25. The summed E-state index contributed by atoms with van der Waals surface area (Å²) in [6.07, 6.45) is 2.39. The van der Waals surface area contributed by atoms with Gasteiger partial charge in [-0.1, -0.05) is 20.8 Å². The summed E-state index contributed by atoms with van der Waals surface area (Å²) in [5.41, 5.74) is 0. The van der Waals surface area contributed by atoms with Gasteiger partial charge in [0.05, 0.1) is 26.4 Å². The molecule has 0 rings (SSSR count). The van der Waals surface area contributed by atoms with E-state index in [1.165, 1.54) is 6.42 Å². The van der Waals surface area contributed by atoms with Crippen LogP contribution in [-0.2, 0) is 14.2 Å². The van der Waals surface area contributed by atoms with E-state index >= 15 is 0 Å². The molecule has 1 atom stereocenters. The van der Waals surface area contributed by atoms with Gasteiger partial charge in [0.1, 0.15) is 0 Å². The highest BCUT2D eigenvalue weighted by molar-refractivity contribution is 4.64. The third-order valence-electron chi connectivity index (χ3n) is 2.96. The van der Waals surface area contributed by atoms with E-state index in [0.29, 0.717) is 32.3 Å². The first kappa shape index (κ1) is 18.8. The lowest BCUT2D eigenvalue weighted by Gasteiger charge is -2.19. The van der Waals surface area contributed by atoms with Crippen molar-refractivity contribution in [3.05, 3.63) is 0 Å². The summed E-state index contributed by atoms with van der Waals surface area (Å²) in [4.78, 5) is 0. The van der Waals surface area contributed by atoms with E-state index in [-0.39, 0.29) is 0 Å². The van der Waals surface area contributed by atoms with Crippen LogP contribution in [0.25, 0.3) is 0 Å². The van der Waals surface area contributed by atoms with Gasteiger partial charge in [0, 0.05) is 13.7 Å². The Kier molecular flexibility index (Phi) is 14.1. The molecule has 0 heterocycles. The molecule has 0 saturated heterocycles. The zero-order chi connectivity index (χ0) is 14.3. The van der Waals surface area contributed by atoms with E-state index in [1.807, 2.05) is 0 Å². The van der Waals surface area contributed by atoms with Gasteiger partial charge in [-0.3, -0.25) is 0 Å². The number of methoxy groups -OCH3 is 1. The van der Waals surface area contributed by atoms with Gasteiger partial charge in [-0.15, -0.1) is 0 Å². The van der Waals surface area contributed by atoms with Crippen LogP contribution >= 0.6 is 0 Å². The van der Waals surface area contributed by atoms with Crippen molar-refractivity contribution in [3.63, 3.8) is 0 Å². The Morgan fingerprint density at radius 2 is 1.58 bits per heavy atom. The Morgan fingerprint density at radius 3 is 2.16 bits per heavy atom. The molecule has 19 heavy (non-hydrogen) atoms. The van der Waals surface area contributed by atoms with Gasteiger partial charge < -0.3 is 19.5 Å².